The molecule has 1 saturated heterocycles. The molecule has 6 rings (SSSR count). The zero-order valence-electron chi connectivity index (χ0n) is 26.6. The number of benzene rings is 2. The van der Waals surface area contributed by atoms with Crippen LogP contribution in [0.25, 0.3) is 0 Å². The first-order valence-corrected chi connectivity index (χ1v) is 17.7. The summed E-state index contributed by atoms with van der Waals surface area (Å²) in [7, 11) is 4.50. The molecule has 1 aliphatic carbocycles. The van der Waals surface area contributed by atoms with Gasteiger partial charge in [-0.05, 0) is 100 Å². The van der Waals surface area contributed by atoms with Crippen molar-refractivity contribution in [3.05, 3.63) is 112 Å². The highest BCUT2D eigenvalue weighted by molar-refractivity contribution is 7.10. The van der Waals surface area contributed by atoms with Crippen LogP contribution in [0.4, 0.5) is 0 Å². The van der Waals surface area contributed by atoms with Gasteiger partial charge in [0.1, 0.15) is 5.76 Å². The second-order valence-electron chi connectivity index (χ2n) is 13.4. The van der Waals surface area contributed by atoms with Gasteiger partial charge in [-0.15, -0.1) is 11.3 Å². The number of hydrogen-bond acceptors (Lipinski definition) is 6. The van der Waals surface area contributed by atoms with Crippen LogP contribution in [0.5, 0.6) is 0 Å². The number of piperidine rings is 1. The molecule has 4 aromatic rings. The van der Waals surface area contributed by atoms with Gasteiger partial charge in [0, 0.05) is 17.3 Å². The minimum Gasteiger partial charge on any atom is -0.442 e. The van der Waals surface area contributed by atoms with Crippen LogP contribution in [0.1, 0.15) is 103 Å². The normalized spacial score (nSPS) is 21.7. The fourth-order valence-corrected chi connectivity index (χ4v) is 8.76. The first-order chi connectivity index (χ1) is 21.5. The lowest BCUT2D eigenvalue weighted by Gasteiger charge is -2.39. The Balaban J connectivity index is 1.23. The van der Waals surface area contributed by atoms with E-state index in [0.29, 0.717) is 12.0 Å². The Morgan fingerprint density at radius 1 is 0.886 bits per heavy atom. The van der Waals surface area contributed by atoms with Crippen molar-refractivity contribution in [2.24, 2.45) is 17.6 Å². The summed E-state index contributed by atoms with van der Waals surface area (Å²) in [6.45, 7) is 2.26. The van der Waals surface area contributed by atoms with Crippen molar-refractivity contribution in [1.29, 1.82) is 0 Å². The molecule has 5 nitrogen and oxygen atoms in total. The molecule has 2 aromatic carbocycles. The van der Waals surface area contributed by atoms with Gasteiger partial charge in [-0.1, -0.05) is 86.0 Å². The fraction of sp³-hybridized carbons (Fsp3) is 0.500. The number of likely N-dealkylation sites (tertiary alicyclic amines) is 1. The van der Waals surface area contributed by atoms with Gasteiger partial charge in [0.05, 0.1) is 17.8 Å². The molecular formula is C38H50N4OS. The quantitative estimate of drug-likeness (QED) is 0.174. The summed E-state index contributed by atoms with van der Waals surface area (Å²) in [4.78, 5) is 11.9. The number of aromatic nitrogens is 1. The number of hydrogen-bond donors (Lipinski definition) is 1. The van der Waals surface area contributed by atoms with Crippen LogP contribution in [-0.4, -0.2) is 42.0 Å². The number of rotatable bonds is 12. The molecule has 1 aliphatic heterocycles. The van der Waals surface area contributed by atoms with Gasteiger partial charge in [-0.2, -0.15) is 0 Å². The zero-order chi connectivity index (χ0) is 30.3. The Hall–Kier alpha value is -2.77. The third kappa shape index (κ3) is 7.71. The maximum absolute atomic E-state index is 6.92. The largest absolute Gasteiger partial charge is 0.442 e. The van der Waals surface area contributed by atoms with Crippen LogP contribution in [0.15, 0.2) is 82.6 Å². The predicted octanol–water partition coefficient (Wildman–Crippen LogP) is 8.60. The Labute approximate surface area is 268 Å². The van der Waals surface area contributed by atoms with Gasteiger partial charge < -0.3 is 15.1 Å². The SMILES string of the molecule is CN(C)C(c1cccs1)C1CCC(CC(c2nc(Cc3ccccc3)c(C(N)Cc3ccccc3)o2)N2CCCCC2)CC1. The van der Waals surface area contributed by atoms with E-state index in [1.165, 1.54) is 60.9 Å². The molecule has 2 aromatic heterocycles. The first kappa shape index (κ1) is 31.2. The van der Waals surface area contributed by atoms with Crippen molar-refractivity contribution >= 4 is 11.3 Å². The first-order valence-electron chi connectivity index (χ1n) is 16.8. The van der Waals surface area contributed by atoms with E-state index in [1.807, 2.05) is 11.3 Å². The van der Waals surface area contributed by atoms with Gasteiger partial charge in [-0.25, -0.2) is 4.98 Å². The van der Waals surface area contributed by atoms with Crippen LogP contribution >= 0.6 is 11.3 Å². The van der Waals surface area contributed by atoms with E-state index in [2.05, 4.69) is 102 Å². The second-order valence-corrected chi connectivity index (χ2v) is 14.4. The maximum Gasteiger partial charge on any atom is 0.212 e. The minimum absolute atomic E-state index is 0.214. The van der Waals surface area contributed by atoms with Gasteiger partial charge in [0.25, 0.3) is 0 Å². The lowest BCUT2D eigenvalue weighted by molar-refractivity contribution is 0.0937. The average molecular weight is 611 g/mol. The zero-order valence-corrected chi connectivity index (χ0v) is 27.4. The van der Waals surface area contributed by atoms with Gasteiger partial charge in [-0.3, -0.25) is 4.90 Å². The van der Waals surface area contributed by atoms with E-state index < -0.39 is 0 Å². The monoisotopic (exact) mass is 610 g/mol. The highest BCUT2D eigenvalue weighted by Crippen LogP contribution is 2.44. The summed E-state index contributed by atoms with van der Waals surface area (Å²) >= 11 is 1.91. The third-order valence-corrected chi connectivity index (χ3v) is 10.9. The Morgan fingerprint density at radius 2 is 1.57 bits per heavy atom. The molecule has 3 atom stereocenters. The summed E-state index contributed by atoms with van der Waals surface area (Å²) in [5.74, 6) is 3.16. The molecule has 0 bridgehead atoms. The predicted molar refractivity (Wildman–Crippen MR) is 182 cm³/mol. The van der Waals surface area contributed by atoms with E-state index in [9.17, 15) is 0 Å². The highest BCUT2D eigenvalue weighted by atomic mass is 32.1. The van der Waals surface area contributed by atoms with Crippen LogP contribution < -0.4 is 5.73 Å². The number of thiophene rings is 1. The Kier molecular flexibility index (Phi) is 10.6. The van der Waals surface area contributed by atoms with Crippen molar-refractivity contribution < 1.29 is 4.42 Å². The molecule has 0 amide bonds. The lowest BCUT2D eigenvalue weighted by atomic mass is 9.75. The van der Waals surface area contributed by atoms with Crippen LogP contribution in [0, 0.1) is 11.8 Å². The topological polar surface area (TPSA) is 58.5 Å². The molecule has 1 saturated carbocycles. The molecule has 2 N–H and O–H groups in total. The molecule has 3 heterocycles. The summed E-state index contributed by atoms with van der Waals surface area (Å²) in [6.07, 6.45) is 11.6. The van der Waals surface area contributed by atoms with Crippen molar-refractivity contribution in [2.45, 2.75) is 82.3 Å². The van der Waals surface area contributed by atoms with E-state index in [1.54, 1.807) is 0 Å². The molecule has 0 spiro atoms. The van der Waals surface area contributed by atoms with Gasteiger partial charge >= 0.3 is 0 Å². The molecule has 44 heavy (non-hydrogen) atoms. The maximum atomic E-state index is 6.92. The highest BCUT2D eigenvalue weighted by Gasteiger charge is 2.35. The van der Waals surface area contributed by atoms with E-state index in [0.717, 1.165) is 55.6 Å². The Morgan fingerprint density at radius 3 is 2.20 bits per heavy atom. The van der Waals surface area contributed by atoms with E-state index >= 15 is 0 Å². The third-order valence-electron chi connectivity index (χ3n) is 10.00. The fourth-order valence-electron chi connectivity index (χ4n) is 7.75. The van der Waals surface area contributed by atoms with Crippen molar-refractivity contribution in [2.75, 3.05) is 27.2 Å². The molecule has 6 heteroatoms. The Bertz CT molecular complexity index is 1390. The van der Waals surface area contributed by atoms with Crippen LogP contribution in [0.3, 0.4) is 0 Å². The van der Waals surface area contributed by atoms with Crippen molar-refractivity contribution in [3.63, 3.8) is 0 Å². The molecule has 0 radical (unpaired) electrons. The number of nitrogens with two attached hydrogens (primary N) is 1. The van der Waals surface area contributed by atoms with E-state index in [-0.39, 0.29) is 12.1 Å². The van der Waals surface area contributed by atoms with Crippen molar-refractivity contribution in [3.8, 4) is 0 Å². The summed E-state index contributed by atoms with van der Waals surface area (Å²) in [5, 5.41) is 2.23. The molecule has 2 fully saturated rings. The van der Waals surface area contributed by atoms with Crippen LogP contribution in [-0.2, 0) is 12.8 Å². The smallest absolute Gasteiger partial charge is 0.212 e. The lowest BCUT2D eigenvalue weighted by Crippen LogP contribution is -2.36. The summed E-state index contributed by atoms with van der Waals surface area (Å²) in [5.41, 5.74) is 10.4. The standard InChI is InChI=1S/C38H50N4OS/c1-41(2)36(35-17-12-24-44-35)31-20-18-30(19-21-31)27-34(42-22-10-5-11-23-42)38-40-33(26-29-15-8-4-9-16-29)37(43-38)32(39)25-28-13-6-3-7-14-28/h3-4,6-9,12-17,24,30-32,34,36H,5,10-11,18-23,25-27,39H2,1-2H3. The summed E-state index contributed by atoms with van der Waals surface area (Å²) < 4.78 is 6.83. The van der Waals surface area contributed by atoms with Crippen molar-refractivity contribution in [1.82, 2.24) is 14.8 Å². The van der Waals surface area contributed by atoms with Crippen LogP contribution in [0.2, 0.25) is 0 Å². The molecule has 234 valence electrons. The number of oxazole rings is 1. The second kappa shape index (κ2) is 15.0. The minimum atomic E-state index is -0.227. The molecular weight excluding hydrogens is 561 g/mol. The van der Waals surface area contributed by atoms with E-state index in [4.69, 9.17) is 15.1 Å². The van der Waals surface area contributed by atoms with Gasteiger partial charge in [0.2, 0.25) is 5.89 Å². The molecule has 3 unspecified atom stereocenters. The average Bonchev–Trinajstić information content (AvgIpc) is 3.73. The van der Waals surface area contributed by atoms with Gasteiger partial charge in [0.15, 0.2) is 0 Å². The number of nitrogens with zero attached hydrogens (tertiary/aromatic N) is 3. The summed E-state index contributed by atoms with van der Waals surface area (Å²) in [6, 6.07) is 26.2. The molecule has 2 aliphatic rings.